The van der Waals surface area contributed by atoms with E-state index < -0.39 is 5.82 Å². The van der Waals surface area contributed by atoms with Crippen LogP contribution in [0.5, 0.6) is 0 Å². The second-order valence-electron chi connectivity index (χ2n) is 8.25. The molecular formula is C23H22ClFN6O. The Labute approximate surface area is 189 Å². The number of halogens is 2. The number of aromatic nitrogens is 5. The summed E-state index contributed by atoms with van der Waals surface area (Å²) in [6.07, 6.45) is 4.88. The first-order chi connectivity index (χ1) is 15.3. The van der Waals surface area contributed by atoms with Crippen LogP contribution < -0.4 is 10.5 Å². The molecule has 0 aliphatic carbocycles. The zero-order valence-electron chi connectivity index (χ0n) is 18.0. The Morgan fingerprint density at radius 1 is 1.19 bits per heavy atom. The molecule has 0 bridgehead atoms. The minimum Gasteiger partial charge on any atom is -0.356 e. The fraction of sp³-hybridized carbons (Fsp3) is 0.304. The SMILES string of the molecule is Cc1nc2cc(N3CC[C@H](c4cnn(C)c4)C3)nc(-c3ccc(Cl)cc3F)c2c(=O)n1C. The smallest absolute Gasteiger partial charge is 0.263 e. The molecule has 1 fully saturated rings. The van der Waals surface area contributed by atoms with Gasteiger partial charge in [0.15, 0.2) is 0 Å². The number of fused-ring (bicyclic) bond motifs is 1. The number of hydrogen-bond donors (Lipinski definition) is 0. The molecule has 0 saturated carbocycles. The van der Waals surface area contributed by atoms with Gasteiger partial charge in [-0.25, -0.2) is 14.4 Å². The molecule has 0 unspecified atom stereocenters. The van der Waals surface area contributed by atoms with Gasteiger partial charge in [0.1, 0.15) is 17.5 Å². The first-order valence-electron chi connectivity index (χ1n) is 10.4. The number of rotatable bonds is 3. The minimum absolute atomic E-state index is 0.229. The summed E-state index contributed by atoms with van der Waals surface area (Å²) < 4.78 is 18.1. The predicted molar refractivity (Wildman–Crippen MR) is 123 cm³/mol. The van der Waals surface area contributed by atoms with E-state index in [0.29, 0.717) is 28.5 Å². The van der Waals surface area contributed by atoms with E-state index in [9.17, 15) is 9.18 Å². The van der Waals surface area contributed by atoms with Gasteiger partial charge in [0.05, 0.1) is 22.8 Å². The van der Waals surface area contributed by atoms with Crippen molar-refractivity contribution in [1.29, 1.82) is 0 Å². The van der Waals surface area contributed by atoms with Crippen LogP contribution in [-0.4, -0.2) is 37.4 Å². The highest BCUT2D eigenvalue weighted by atomic mass is 35.5. The Bertz CT molecular complexity index is 1410. The fourth-order valence-corrected chi connectivity index (χ4v) is 4.47. The molecular weight excluding hydrogens is 431 g/mol. The molecule has 0 N–H and O–H groups in total. The quantitative estimate of drug-likeness (QED) is 0.472. The van der Waals surface area contributed by atoms with Gasteiger partial charge in [0.2, 0.25) is 0 Å². The first kappa shape index (κ1) is 20.6. The minimum atomic E-state index is -0.527. The molecule has 0 radical (unpaired) electrons. The fourth-order valence-electron chi connectivity index (χ4n) is 4.31. The van der Waals surface area contributed by atoms with Crippen LogP contribution in [0.25, 0.3) is 22.2 Å². The highest BCUT2D eigenvalue weighted by Crippen LogP contribution is 2.34. The molecule has 9 heteroatoms. The number of aryl methyl sites for hydroxylation is 2. The Kier molecular flexibility index (Phi) is 4.97. The lowest BCUT2D eigenvalue weighted by atomic mass is 10.0. The predicted octanol–water partition coefficient (Wildman–Crippen LogP) is 3.82. The van der Waals surface area contributed by atoms with Crippen LogP contribution in [-0.2, 0) is 14.1 Å². The van der Waals surface area contributed by atoms with Crippen LogP contribution in [0.3, 0.4) is 0 Å². The van der Waals surface area contributed by atoms with Crippen LogP contribution in [0, 0.1) is 12.7 Å². The van der Waals surface area contributed by atoms with Crippen molar-refractivity contribution in [3.63, 3.8) is 0 Å². The maximum Gasteiger partial charge on any atom is 0.263 e. The van der Waals surface area contributed by atoms with Crippen molar-refractivity contribution in [1.82, 2.24) is 24.3 Å². The lowest BCUT2D eigenvalue weighted by molar-refractivity contribution is 0.631. The number of nitrogens with zero attached hydrogens (tertiary/aromatic N) is 6. The third-order valence-electron chi connectivity index (χ3n) is 6.17. The lowest BCUT2D eigenvalue weighted by Gasteiger charge is -2.20. The summed E-state index contributed by atoms with van der Waals surface area (Å²) in [5.74, 6) is 1.06. The molecule has 0 amide bonds. The van der Waals surface area contributed by atoms with E-state index >= 15 is 0 Å². The normalized spacial score (nSPS) is 16.3. The standard InChI is InChI=1S/C23H22ClFN6O/c1-13-27-19-9-20(31-7-6-14(12-31)15-10-26-29(2)11-15)28-22(21(19)23(32)30(13)3)17-5-4-16(24)8-18(17)25/h4-5,8-11,14H,6-7,12H2,1-3H3/t14-/m0/s1. The van der Waals surface area contributed by atoms with Crippen LogP contribution in [0.1, 0.15) is 23.7 Å². The lowest BCUT2D eigenvalue weighted by Crippen LogP contribution is -2.24. The molecule has 1 saturated heterocycles. The van der Waals surface area contributed by atoms with Crippen molar-refractivity contribution in [2.24, 2.45) is 14.1 Å². The van der Waals surface area contributed by atoms with E-state index in [1.54, 1.807) is 30.8 Å². The van der Waals surface area contributed by atoms with Crippen LogP contribution in [0.15, 0.2) is 41.5 Å². The van der Waals surface area contributed by atoms with Gasteiger partial charge < -0.3 is 4.90 Å². The molecule has 3 aromatic heterocycles. The maximum absolute atomic E-state index is 14.9. The molecule has 1 aliphatic rings. The Morgan fingerprint density at radius 3 is 2.72 bits per heavy atom. The number of pyridine rings is 1. The molecule has 5 rings (SSSR count). The molecule has 32 heavy (non-hydrogen) atoms. The second-order valence-corrected chi connectivity index (χ2v) is 8.69. The van der Waals surface area contributed by atoms with Crippen molar-refractivity contribution in [3.05, 3.63) is 69.2 Å². The molecule has 4 heterocycles. The Balaban J connectivity index is 1.66. The van der Waals surface area contributed by atoms with Gasteiger partial charge in [0, 0.05) is 56.0 Å². The van der Waals surface area contributed by atoms with Gasteiger partial charge in [-0.15, -0.1) is 0 Å². The summed E-state index contributed by atoms with van der Waals surface area (Å²) in [5, 5.41) is 4.86. The largest absolute Gasteiger partial charge is 0.356 e. The van der Waals surface area contributed by atoms with E-state index in [1.165, 1.54) is 16.2 Å². The maximum atomic E-state index is 14.9. The monoisotopic (exact) mass is 452 g/mol. The van der Waals surface area contributed by atoms with E-state index in [4.69, 9.17) is 16.6 Å². The number of hydrogen-bond acceptors (Lipinski definition) is 5. The van der Waals surface area contributed by atoms with E-state index in [0.717, 1.165) is 19.5 Å². The molecule has 7 nitrogen and oxygen atoms in total. The molecule has 1 aromatic carbocycles. The average Bonchev–Trinajstić information content (AvgIpc) is 3.40. The topological polar surface area (TPSA) is 68.8 Å². The summed E-state index contributed by atoms with van der Waals surface area (Å²) >= 11 is 5.96. The zero-order valence-corrected chi connectivity index (χ0v) is 18.8. The summed E-state index contributed by atoms with van der Waals surface area (Å²) in [6, 6.07) is 6.22. The summed E-state index contributed by atoms with van der Waals surface area (Å²) in [6.45, 7) is 3.33. The third-order valence-corrected chi connectivity index (χ3v) is 6.40. The van der Waals surface area contributed by atoms with Gasteiger partial charge in [-0.3, -0.25) is 14.0 Å². The highest BCUT2D eigenvalue weighted by molar-refractivity contribution is 6.30. The molecule has 0 spiro atoms. The van der Waals surface area contributed by atoms with Crippen LogP contribution >= 0.6 is 11.6 Å². The molecule has 164 valence electrons. The van der Waals surface area contributed by atoms with E-state index in [2.05, 4.69) is 15.0 Å². The Hall–Kier alpha value is -3.26. The van der Waals surface area contributed by atoms with Crippen LogP contribution in [0.4, 0.5) is 10.2 Å². The average molecular weight is 453 g/mol. The van der Waals surface area contributed by atoms with E-state index in [1.807, 2.05) is 25.5 Å². The van der Waals surface area contributed by atoms with E-state index in [-0.39, 0.29) is 21.8 Å². The molecule has 4 aromatic rings. The van der Waals surface area contributed by atoms with Crippen molar-refractivity contribution >= 4 is 28.3 Å². The van der Waals surface area contributed by atoms with Gasteiger partial charge in [-0.1, -0.05) is 11.6 Å². The van der Waals surface area contributed by atoms with Crippen molar-refractivity contribution in [2.45, 2.75) is 19.3 Å². The molecule has 1 aliphatic heterocycles. The summed E-state index contributed by atoms with van der Waals surface area (Å²) in [5.41, 5.74) is 1.94. The first-order valence-corrected chi connectivity index (χ1v) is 10.8. The summed E-state index contributed by atoms with van der Waals surface area (Å²) in [7, 11) is 3.56. The second kappa shape index (κ2) is 7.70. The van der Waals surface area contributed by atoms with Crippen molar-refractivity contribution < 1.29 is 4.39 Å². The highest BCUT2D eigenvalue weighted by Gasteiger charge is 2.27. The zero-order chi connectivity index (χ0) is 22.6. The summed E-state index contributed by atoms with van der Waals surface area (Å²) in [4.78, 5) is 24.7. The van der Waals surface area contributed by atoms with Crippen molar-refractivity contribution in [2.75, 3.05) is 18.0 Å². The van der Waals surface area contributed by atoms with Gasteiger partial charge in [0.25, 0.3) is 5.56 Å². The van der Waals surface area contributed by atoms with Gasteiger partial charge >= 0.3 is 0 Å². The molecule has 1 atom stereocenters. The third kappa shape index (κ3) is 3.44. The van der Waals surface area contributed by atoms with Gasteiger partial charge in [-0.05, 0) is 37.1 Å². The number of benzene rings is 1. The van der Waals surface area contributed by atoms with Crippen molar-refractivity contribution in [3.8, 4) is 11.3 Å². The Morgan fingerprint density at radius 2 is 2.00 bits per heavy atom. The van der Waals surface area contributed by atoms with Gasteiger partial charge in [-0.2, -0.15) is 5.10 Å². The van der Waals surface area contributed by atoms with Crippen LogP contribution in [0.2, 0.25) is 5.02 Å². The number of anilines is 1.